The number of amides is 1. The maximum Gasteiger partial charge on any atom is 0.263 e. The van der Waals surface area contributed by atoms with E-state index in [9.17, 15) is 4.79 Å². The zero-order valence-corrected chi connectivity index (χ0v) is 15.0. The molecule has 2 aliphatic carbocycles. The molecule has 24 heavy (non-hydrogen) atoms. The maximum atomic E-state index is 12.6. The number of nitrogen functional groups attached to an aromatic ring is 1. The van der Waals surface area contributed by atoms with Gasteiger partial charge in [0, 0.05) is 17.1 Å². The van der Waals surface area contributed by atoms with E-state index in [0.717, 1.165) is 41.8 Å². The van der Waals surface area contributed by atoms with Crippen LogP contribution in [0.2, 0.25) is 0 Å². The number of nitrogens with two attached hydrogens (primary N) is 1. The highest BCUT2D eigenvalue weighted by Gasteiger charge is 2.25. The van der Waals surface area contributed by atoms with Crippen molar-refractivity contribution in [2.75, 3.05) is 5.73 Å². The highest BCUT2D eigenvalue weighted by molar-refractivity contribution is 7.21. The number of fused-ring (bicyclic) bond motifs is 2. The lowest BCUT2D eigenvalue weighted by atomic mass is 9.85. The van der Waals surface area contributed by atoms with Gasteiger partial charge in [-0.1, -0.05) is 26.2 Å². The van der Waals surface area contributed by atoms with Crippen LogP contribution in [0.1, 0.15) is 66.4 Å². The fourth-order valence-corrected chi connectivity index (χ4v) is 5.10. The zero-order chi connectivity index (χ0) is 16.7. The second kappa shape index (κ2) is 6.36. The molecule has 1 fully saturated rings. The molecule has 4 rings (SSSR count). The number of hydrogen-bond acceptors (Lipinski definition) is 4. The summed E-state index contributed by atoms with van der Waals surface area (Å²) in [5.41, 5.74) is 9.47. The first kappa shape index (κ1) is 15.9. The summed E-state index contributed by atoms with van der Waals surface area (Å²) in [6, 6.07) is 2.51. The Bertz CT molecular complexity index is 777. The van der Waals surface area contributed by atoms with Gasteiger partial charge < -0.3 is 11.1 Å². The number of aromatic nitrogens is 1. The molecule has 4 nitrogen and oxygen atoms in total. The number of rotatable bonds is 3. The summed E-state index contributed by atoms with van der Waals surface area (Å²) in [7, 11) is 0. The molecule has 2 heterocycles. The number of carbonyl (C=O) groups excluding carboxylic acids is 1. The van der Waals surface area contributed by atoms with Gasteiger partial charge in [-0.25, -0.2) is 4.98 Å². The molecule has 2 aromatic heterocycles. The summed E-state index contributed by atoms with van der Waals surface area (Å²) in [4.78, 5) is 19.0. The van der Waals surface area contributed by atoms with Gasteiger partial charge in [-0.2, -0.15) is 0 Å². The largest absolute Gasteiger partial charge is 0.397 e. The van der Waals surface area contributed by atoms with Crippen molar-refractivity contribution in [3.05, 3.63) is 22.2 Å². The Balaban J connectivity index is 1.65. The van der Waals surface area contributed by atoms with Crippen LogP contribution in [0.25, 0.3) is 10.2 Å². The fraction of sp³-hybridized carbons (Fsp3) is 0.579. The van der Waals surface area contributed by atoms with Crippen molar-refractivity contribution < 1.29 is 4.79 Å². The molecule has 0 spiro atoms. The van der Waals surface area contributed by atoms with Crippen LogP contribution in [-0.4, -0.2) is 16.9 Å². The zero-order valence-electron chi connectivity index (χ0n) is 14.2. The minimum atomic E-state index is -0.0215. The van der Waals surface area contributed by atoms with Gasteiger partial charge in [-0.15, -0.1) is 11.3 Å². The molecular formula is C19H25N3OS. The van der Waals surface area contributed by atoms with Crippen LogP contribution in [0, 0.1) is 5.92 Å². The van der Waals surface area contributed by atoms with Gasteiger partial charge in [0.05, 0.1) is 5.69 Å². The predicted molar refractivity (Wildman–Crippen MR) is 99.6 cm³/mol. The number of pyridine rings is 1. The minimum absolute atomic E-state index is 0.0215. The van der Waals surface area contributed by atoms with Gasteiger partial charge in [-0.3, -0.25) is 4.79 Å². The van der Waals surface area contributed by atoms with Crippen LogP contribution in [0.15, 0.2) is 6.07 Å². The van der Waals surface area contributed by atoms with Crippen LogP contribution in [0.3, 0.4) is 0 Å². The van der Waals surface area contributed by atoms with Crippen molar-refractivity contribution in [1.82, 2.24) is 10.3 Å². The number of hydrogen-bond donors (Lipinski definition) is 2. The van der Waals surface area contributed by atoms with Crippen LogP contribution in [-0.2, 0) is 12.8 Å². The van der Waals surface area contributed by atoms with E-state index in [2.05, 4.69) is 18.3 Å². The van der Waals surface area contributed by atoms with E-state index in [1.807, 2.05) is 0 Å². The quantitative estimate of drug-likeness (QED) is 0.883. The molecule has 1 unspecified atom stereocenters. The lowest BCUT2D eigenvalue weighted by Crippen LogP contribution is -2.32. The van der Waals surface area contributed by atoms with Crippen LogP contribution in [0.4, 0.5) is 5.69 Å². The summed E-state index contributed by atoms with van der Waals surface area (Å²) >= 11 is 1.45. The third-order valence-corrected chi connectivity index (χ3v) is 6.78. The van der Waals surface area contributed by atoms with Gasteiger partial charge in [0.2, 0.25) is 0 Å². The van der Waals surface area contributed by atoms with Crippen molar-refractivity contribution in [3.63, 3.8) is 0 Å². The molecule has 1 saturated carbocycles. The summed E-state index contributed by atoms with van der Waals surface area (Å²) in [6.07, 6.45) is 9.16. The molecule has 5 heteroatoms. The molecule has 0 aliphatic heterocycles. The number of nitrogens with one attached hydrogen (secondary N) is 1. The highest BCUT2D eigenvalue weighted by Crippen LogP contribution is 2.37. The summed E-state index contributed by atoms with van der Waals surface area (Å²) in [5.74, 6) is 0.730. The number of thiophene rings is 1. The first-order valence-corrected chi connectivity index (χ1v) is 9.99. The summed E-state index contributed by atoms with van der Waals surface area (Å²) in [6.45, 7) is 2.26. The standard InChI is InChI=1S/C19H25N3OS/c1-2-11-7-8-15-12(9-11)10-14-16(20)17(24-19(14)22-15)18(23)21-13-5-3-4-6-13/h10-11,13H,2-9,20H2,1H3,(H,21,23). The van der Waals surface area contributed by atoms with Gasteiger partial charge in [0.1, 0.15) is 9.71 Å². The van der Waals surface area contributed by atoms with Crippen molar-refractivity contribution in [2.24, 2.45) is 5.92 Å². The Morgan fingerprint density at radius 3 is 2.92 bits per heavy atom. The highest BCUT2D eigenvalue weighted by atomic mass is 32.1. The Morgan fingerprint density at radius 1 is 1.38 bits per heavy atom. The first-order valence-electron chi connectivity index (χ1n) is 9.17. The van der Waals surface area contributed by atoms with E-state index in [1.165, 1.54) is 48.3 Å². The molecule has 3 N–H and O–H groups in total. The molecule has 2 aromatic rings. The molecule has 0 radical (unpaired) electrons. The van der Waals surface area contributed by atoms with Crippen LogP contribution < -0.4 is 11.1 Å². The second-order valence-corrected chi connectivity index (χ2v) is 8.26. The van der Waals surface area contributed by atoms with Crippen molar-refractivity contribution >= 4 is 33.1 Å². The molecule has 0 bridgehead atoms. The monoisotopic (exact) mass is 343 g/mol. The van der Waals surface area contributed by atoms with Crippen LogP contribution >= 0.6 is 11.3 Å². The molecular weight excluding hydrogens is 318 g/mol. The third-order valence-electron chi connectivity index (χ3n) is 5.66. The fourth-order valence-electron chi connectivity index (χ4n) is 4.10. The summed E-state index contributed by atoms with van der Waals surface area (Å²) in [5, 5.41) is 4.11. The minimum Gasteiger partial charge on any atom is -0.397 e. The molecule has 1 amide bonds. The number of aryl methyl sites for hydroxylation is 1. The Morgan fingerprint density at radius 2 is 2.17 bits per heavy atom. The normalized spacial score (nSPS) is 21.1. The smallest absolute Gasteiger partial charge is 0.263 e. The first-order chi connectivity index (χ1) is 11.7. The lowest BCUT2D eigenvalue weighted by Gasteiger charge is -2.22. The van der Waals surface area contributed by atoms with Gasteiger partial charge >= 0.3 is 0 Å². The topological polar surface area (TPSA) is 68.0 Å². The van der Waals surface area contributed by atoms with E-state index in [4.69, 9.17) is 10.7 Å². The van der Waals surface area contributed by atoms with Gasteiger partial charge in [0.15, 0.2) is 0 Å². The van der Waals surface area contributed by atoms with E-state index < -0.39 is 0 Å². The van der Waals surface area contributed by atoms with E-state index in [-0.39, 0.29) is 5.91 Å². The molecule has 2 aliphatic rings. The maximum absolute atomic E-state index is 12.6. The van der Waals surface area contributed by atoms with Crippen molar-refractivity contribution in [2.45, 2.75) is 64.3 Å². The van der Waals surface area contributed by atoms with Gasteiger partial charge in [-0.05, 0) is 49.7 Å². The molecule has 0 aromatic carbocycles. The molecule has 1 atom stereocenters. The molecule has 128 valence electrons. The predicted octanol–water partition coefficient (Wildman–Crippen LogP) is 4.07. The Kier molecular flexibility index (Phi) is 4.21. The average Bonchev–Trinajstić information content (AvgIpc) is 3.21. The van der Waals surface area contributed by atoms with E-state index in [1.54, 1.807) is 0 Å². The Hall–Kier alpha value is -1.62. The number of anilines is 1. The number of nitrogens with zero attached hydrogens (tertiary/aromatic N) is 1. The van der Waals surface area contributed by atoms with Crippen molar-refractivity contribution in [3.8, 4) is 0 Å². The second-order valence-electron chi connectivity index (χ2n) is 7.26. The SMILES string of the molecule is CCC1CCc2nc3sc(C(=O)NC4CCCC4)c(N)c3cc2C1. The van der Waals surface area contributed by atoms with Crippen molar-refractivity contribution in [1.29, 1.82) is 0 Å². The number of carbonyl (C=O) groups is 1. The van der Waals surface area contributed by atoms with E-state index >= 15 is 0 Å². The third kappa shape index (κ3) is 2.79. The average molecular weight is 343 g/mol. The van der Waals surface area contributed by atoms with Crippen LogP contribution in [0.5, 0.6) is 0 Å². The Labute approximate surface area is 146 Å². The van der Waals surface area contributed by atoms with E-state index in [0.29, 0.717) is 16.6 Å². The van der Waals surface area contributed by atoms with Gasteiger partial charge in [0.25, 0.3) is 5.91 Å². The summed E-state index contributed by atoms with van der Waals surface area (Å²) < 4.78 is 0. The molecule has 0 saturated heterocycles. The lowest BCUT2D eigenvalue weighted by molar-refractivity contribution is 0.0943.